The van der Waals surface area contributed by atoms with Crippen LogP contribution in [0.2, 0.25) is 5.02 Å². The highest BCUT2D eigenvalue weighted by molar-refractivity contribution is 6.30. The molecule has 0 bridgehead atoms. The van der Waals surface area contributed by atoms with E-state index in [1.165, 1.54) is 0 Å². The molecule has 0 saturated carbocycles. The van der Waals surface area contributed by atoms with Crippen molar-refractivity contribution in [2.45, 2.75) is 26.1 Å². The number of amides is 1. The molecule has 25 heavy (non-hydrogen) atoms. The number of fused-ring (bicyclic) bond motifs is 1. The molecule has 132 valence electrons. The van der Waals surface area contributed by atoms with Crippen LogP contribution >= 0.6 is 11.6 Å². The molecule has 5 nitrogen and oxygen atoms in total. The SMILES string of the molecule is C[C@@H](C(=O)NCc1ccc(Cl)cc1)N(C)Cc1ccc2c(c1)OCO2. The third-order valence-electron chi connectivity index (χ3n) is 4.29. The van der Waals surface area contributed by atoms with Crippen LogP contribution in [0.3, 0.4) is 0 Å². The standard InChI is InChI=1S/C19H21ClN2O3/c1-13(19(23)21-10-14-3-6-16(20)7-4-14)22(2)11-15-5-8-17-18(9-15)25-12-24-17/h3-9,13H,10-12H2,1-2H3,(H,21,23)/t13-/m0/s1. The number of nitrogens with zero attached hydrogens (tertiary/aromatic N) is 1. The van der Waals surface area contributed by atoms with Crippen LogP contribution in [0.5, 0.6) is 11.5 Å². The fraction of sp³-hybridized carbons (Fsp3) is 0.316. The summed E-state index contributed by atoms with van der Waals surface area (Å²) in [5, 5.41) is 3.65. The van der Waals surface area contributed by atoms with E-state index in [2.05, 4.69) is 5.32 Å². The minimum absolute atomic E-state index is 0.0156. The molecular formula is C19H21ClN2O3. The van der Waals surface area contributed by atoms with Crippen molar-refractivity contribution < 1.29 is 14.3 Å². The van der Waals surface area contributed by atoms with Gasteiger partial charge in [-0.1, -0.05) is 29.8 Å². The Morgan fingerprint density at radius 2 is 1.84 bits per heavy atom. The van der Waals surface area contributed by atoms with Crippen molar-refractivity contribution in [3.05, 3.63) is 58.6 Å². The Morgan fingerprint density at radius 3 is 2.60 bits per heavy atom. The Morgan fingerprint density at radius 1 is 1.16 bits per heavy atom. The van der Waals surface area contributed by atoms with E-state index in [1.54, 1.807) is 0 Å². The first-order valence-electron chi connectivity index (χ1n) is 8.14. The minimum Gasteiger partial charge on any atom is -0.454 e. The average molecular weight is 361 g/mol. The summed E-state index contributed by atoms with van der Waals surface area (Å²) >= 11 is 5.87. The van der Waals surface area contributed by atoms with E-state index >= 15 is 0 Å². The van der Waals surface area contributed by atoms with Gasteiger partial charge >= 0.3 is 0 Å². The van der Waals surface area contributed by atoms with Gasteiger partial charge in [-0.05, 0) is 49.4 Å². The molecule has 0 aliphatic carbocycles. The Labute approximate surface area is 152 Å². The molecule has 3 rings (SSSR count). The number of hydrogen-bond acceptors (Lipinski definition) is 4. The van der Waals surface area contributed by atoms with Gasteiger partial charge in [-0.25, -0.2) is 0 Å². The van der Waals surface area contributed by atoms with E-state index in [9.17, 15) is 4.79 Å². The van der Waals surface area contributed by atoms with Crippen LogP contribution in [-0.4, -0.2) is 30.7 Å². The zero-order valence-electron chi connectivity index (χ0n) is 14.3. The molecular weight excluding hydrogens is 340 g/mol. The number of carbonyl (C=O) groups excluding carboxylic acids is 1. The molecule has 0 radical (unpaired) electrons. The molecule has 2 aromatic carbocycles. The summed E-state index contributed by atoms with van der Waals surface area (Å²) in [6.07, 6.45) is 0. The summed E-state index contributed by atoms with van der Waals surface area (Å²) in [6.45, 7) is 3.28. The molecule has 0 saturated heterocycles. The van der Waals surface area contributed by atoms with Gasteiger partial charge in [-0.2, -0.15) is 0 Å². The molecule has 1 amide bonds. The molecule has 6 heteroatoms. The highest BCUT2D eigenvalue weighted by Gasteiger charge is 2.19. The number of rotatable bonds is 6. The molecule has 1 aliphatic heterocycles. The van der Waals surface area contributed by atoms with Gasteiger partial charge in [0, 0.05) is 18.1 Å². The van der Waals surface area contributed by atoms with Crippen LogP contribution in [0.25, 0.3) is 0 Å². The van der Waals surface area contributed by atoms with Crippen LogP contribution in [0.1, 0.15) is 18.1 Å². The van der Waals surface area contributed by atoms with Crippen LogP contribution in [0.15, 0.2) is 42.5 Å². The number of hydrogen-bond donors (Lipinski definition) is 1. The van der Waals surface area contributed by atoms with Gasteiger partial charge in [0.25, 0.3) is 0 Å². The van der Waals surface area contributed by atoms with Gasteiger partial charge in [0.15, 0.2) is 11.5 Å². The lowest BCUT2D eigenvalue weighted by molar-refractivity contribution is -0.125. The number of likely N-dealkylation sites (N-methyl/N-ethyl adjacent to an activating group) is 1. The van der Waals surface area contributed by atoms with Crippen molar-refractivity contribution >= 4 is 17.5 Å². The van der Waals surface area contributed by atoms with Gasteiger partial charge in [0.2, 0.25) is 12.7 Å². The van der Waals surface area contributed by atoms with E-state index in [0.717, 1.165) is 22.6 Å². The first-order valence-corrected chi connectivity index (χ1v) is 8.51. The van der Waals surface area contributed by atoms with Gasteiger partial charge in [-0.3, -0.25) is 9.69 Å². The number of ether oxygens (including phenoxy) is 2. The predicted molar refractivity (Wildman–Crippen MR) is 96.8 cm³/mol. The van der Waals surface area contributed by atoms with Crippen molar-refractivity contribution in [3.8, 4) is 11.5 Å². The number of benzene rings is 2. The first-order chi connectivity index (χ1) is 12.0. The molecule has 1 atom stereocenters. The molecule has 1 aliphatic rings. The van der Waals surface area contributed by atoms with E-state index in [0.29, 0.717) is 18.1 Å². The second-order valence-corrected chi connectivity index (χ2v) is 6.56. The third kappa shape index (κ3) is 4.44. The Hall–Kier alpha value is -2.24. The van der Waals surface area contributed by atoms with E-state index < -0.39 is 0 Å². The topological polar surface area (TPSA) is 50.8 Å². The van der Waals surface area contributed by atoms with Crippen molar-refractivity contribution in [2.24, 2.45) is 0 Å². The molecule has 0 spiro atoms. The first kappa shape index (κ1) is 17.6. The van der Waals surface area contributed by atoms with Crippen LogP contribution < -0.4 is 14.8 Å². The molecule has 1 N–H and O–H groups in total. The maximum Gasteiger partial charge on any atom is 0.237 e. The lowest BCUT2D eigenvalue weighted by Gasteiger charge is -2.24. The van der Waals surface area contributed by atoms with Crippen LogP contribution in [-0.2, 0) is 17.9 Å². The predicted octanol–water partition coefficient (Wildman–Crippen LogP) is 3.21. The van der Waals surface area contributed by atoms with Crippen LogP contribution in [0, 0.1) is 0 Å². The lowest BCUT2D eigenvalue weighted by Crippen LogP contribution is -2.42. The fourth-order valence-electron chi connectivity index (χ4n) is 2.60. The Balaban J connectivity index is 1.53. The normalized spacial score (nSPS) is 13.8. The second-order valence-electron chi connectivity index (χ2n) is 6.12. The van der Waals surface area contributed by atoms with Crippen molar-refractivity contribution in [2.75, 3.05) is 13.8 Å². The van der Waals surface area contributed by atoms with Crippen molar-refractivity contribution in [3.63, 3.8) is 0 Å². The number of halogens is 1. The summed E-state index contributed by atoms with van der Waals surface area (Å²) < 4.78 is 10.7. The summed E-state index contributed by atoms with van der Waals surface area (Å²) in [4.78, 5) is 14.4. The molecule has 0 unspecified atom stereocenters. The third-order valence-corrected chi connectivity index (χ3v) is 4.54. The maximum atomic E-state index is 12.4. The maximum absolute atomic E-state index is 12.4. The van der Waals surface area contributed by atoms with Crippen LogP contribution in [0.4, 0.5) is 0 Å². The van der Waals surface area contributed by atoms with E-state index in [4.69, 9.17) is 21.1 Å². The number of nitrogens with one attached hydrogen (secondary N) is 1. The zero-order chi connectivity index (χ0) is 17.8. The molecule has 0 fully saturated rings. The van der Waals surface area contributed by atoms with Gasteiger partial charge in [0.05, 0.1) is 6.04 Å². The summed E-state index contributed by atoms with van der Waals surface area (Å²) in [7, 11) is 1.93. The lowest BCUT2D eigenvalue weighted by atomic mass is 10.1. The highest BCUT2D eigenvalue weighted by Crippen LogP contribution is 2.32. The molecule has 1 heterocycles. The molecule has 0 aromatic heterocycles. The second kappa shape index (κ2) is 7.76. The summed E-state index contributed by atoms with van der Waals surface area (Å²) in [6, 6.07) is 13.0. The van der Waals surface area contributed by atoms with Crippen molar-refractivity contribution in [1.82, 2.24) is 10.2 Å². The van der Waals surface area contributed by atoms with Gasteiger partial charge in [-0.15, -0.1) is 0 Å². The van der Waals surface area contributed by atoms with Crippen molar-refractivity contribution in [1.29, 1.82) is 0 Å². The highest BCUT2D eigenvalue weighted by atomic mass is 35.5. The largest absolute Gasteiger partial charge is 0.454 e. The van der Waals surface area contributed by atoms with Gasteiger partial charge < -0.3 is 14.8 Å². The van der Waals surface area contributed by atoms with E-state index in [1.807, 2.05) is 61.3 Å². The average Bonchev–Trinajstić information content (AvgIpc) is 3.08. The summed E-state index contributed by atoms with van der Waals surface area (Å²) in [5.74, 6) is 1.50. The quantitative estimate of drug-likeness (QED) is 0.859. The smallest absolute Gasteiger partial charge is 0.237 e. The zero-order valence-corrected chi connectivity index (χ0v) is 15.0. The Kier molecular flexibility index (Phi) is 5.46. The monoisotopic (exact) mass is 360 g/mol. The summed E-state index contributed by atoms with van der Waals surface area (Å²) in [5.41, 5.74) is 2.09. The fourth-order valence-corrected chi connectivity index (χ4v) is 2.73. The molecule has 2 aromatic rings. The number of carbonyl (C=O) groups is 1. The van der Waals surface area contributed by atoms with E-state index in [-0.39, 0.29) is 18.7 Å². The Bertz CT molecular complexity index is 749. The minimum atomic E-state index is -0.252. The van der Waals surface area contributed by atoms with Gasteiger partial charge in [0.1, 0.15) is 0 Å².